The third-order valence-electron chi connectivity index (χ3n) is 5.69. The van der Waals surface area contributed by atoms with Crippen LogP contribution in [-0.4, -0.2) is 25.4 Å². The van der Waals surface area contributed by atoms with Gasteiger partial charge in [-0.3, -0.25) is 10.1 Å². The van der Waals surface area contributed by atoms with E-state index in [2.05, 4.69) is 108 Å². The summed E-state index contributed by atoms with van der Waals surface area (Å²) in [6.07, 6.45) is 37.6. The van der Waals surface area contributed by atoms with E-state index in [0.29, 0.717) is 24.7 Å². The first-order chi connectivity index (χ1) is 18.6. The monoisotopic (exact) mass is 515 g/mol. The number of aryl methyl sites for hydroxylation is 1. The largest absolute Gasteiger partial charge is 0.315 e. The molecule has 0 aromatic carbocycles. The van der Waals surface area contributed by atoms with E-state index in [9.17, 15) is 4.79 Å². The van der Waals surface area contributed by atoms with E-state index in [1.165, 1.54) is 0 Å². The Morgan fingerprint density at radius 3 is 1.95 bits per heavy atom. The Bertz CT molecular complexity index is 1120. The van der Waals surface area contributed by atoms with Gasteiger partial charge in [-0.25, -0.2) is 9.97 Å². The lowest BCUT2D eigenvalue weighted by Gasteiger charge is -2.07. The lowest BCUT2D eigenvalue weighted by Crippen LogP contribution is -2.13. The molecule has 1 N–H and O–H groups in total. The summed E-state index contributed by atoms with van der Waals surface area (Å²) in [6, 6.07) is 0. The van der Waals surface area contributed by atoms with E-state index in [1.54, 1.807) is 12.5 Å². The van der Waals surface area contributed by atoms with Gasteiger partial charge in [-0.05, 0) is 57.3 Å². The number of imidazole rings is 1. The first kappa shape index (κ1) is 30.7. The standard InChI is InChI=1S/C32H45N5O/c1-4-5-6-7-8-9-10-11-12-13-14-15-16-17-18-19-20-21-22-23-30(38)35-32-33-26-29-31(36-32)37(27-34-29)25-24-28(2)3/h5-6,8-9,11-12,14-15,17-18,20-21,26-28H,4,7,10,13,16,19,22-25H2,1-3H3,(H,33,35,36,38)/b6-5-,9-8-,12-11-,15-14-,18-17-,21-20-. The van der Waals surface area contributed by atoms with Crippen LogP contribution in [0.25, 0.3) is 11.2 Å². The number of carbonyl (C=O) groups is 1. The second-order valence-electron chi connectivity index (χ2n) is 9.52. The SMILES string of the molecule is CC/C=C\C/C=C\C/C=C\C/C=C\C/C=C\C/C=C\CCC(=O)Nc1ncc2ncn(CCC(C)C)c2n1. The van der Waals surface area contributed by atoms with Crippen molar-refractivity contribution in [3.8, 4) is 0 Å². The number of carbonyl (C=O) groups excluding carboxylic acids is 1. The van der Waals surface area contributed by atoms with E-state index in [1.807, 2.05) is 10.6 Å². The van der Waals surface area contributed by atoms with Crippen LogP contribution >= 0.6 is 0 Å². The summed E-state index contributed by atoms with van der Waals surface area (Å²) in [7, 11) is 0. The molecule has 0 unspecified atom stereocenters. The molecule has 204 valence electrons. The Labute approximate surface area is 229 Å². The molecule has 0 aliphatic rings. The lowest BCUT2D eigenvalue weighted by molar-refractivity contribution is -0.116. The molecule has 2 rings (SSSR count). The summed E-state index contributed by atoms with van der Waals surface area (Å²) in [5.41, 5.74) is 1.50. The summed E-state index contributed by atoms with van der Waals surface area (Å²) < 4.78 is 2.02. The normalized spacial score (nSPS) is 12.8. The number of amides is 1. The average molecular weight is 516 g/mol. The molecule has 6 heteroatoms. The van der Waals surface area contributed by atoms with Gasteiger partial charge < -0.3 is 4.57 Å². The minimum absolute atomic E-state index is 0.0860. The van der Waals surface area contributed by atoms with E-state index in [4.69, 9.17) is 0 Å². The number of rotatable bonds is 18. The molecular weight excluding hydrogens is 470 g/mol. The minimum Gasteiger partial charge on any atom is -0.315 e. The predicted molar refractivity (Wildman–Crippen MR) is 161 cm³/mol. The third-order valence-corrected chi connectivity index (χ3v) is 5.69. The number of hydrogen-bond acceptors (Lipinski definition) is 4. The first-order valence-electron chi connectivity index (χ1n) is 14.0. The van der Waals surface area contributed by atoms with Gasteiger partial charge in [0.15, 0.2) is 5.65 Å². The van der Waals surface area contributed by atoms with Crippen molar-refractivity contribution in [1.29, 1.82) is 0 Å². The second-order valence-corrected chi connectivity index (χ2v) is 9.52. The van der Waals surface area contributed by atoms with Crippen molar-refractivity contribution < 1.29 is 4.79 Å². The maximum Gasteiger partial charge on any atom is 0.231 e. The molecule has 6 nitrogen and oxygen atoms in total. The van der Waals surface area contributed by atoms with Crippen LogP contribution in [0.2, 0.25) is 0 Å². The molecular formula is C32H45N5O. The Morgan fingerprint density at radius 1 is 0.842 bits per heavy atom. The second kappa shape index (κ2) is 19.6. The van der Waals surface area contributed by atoms with Crippen molar-refractivity contribution >= 4 is 23.0 Å². The highest BCUT2D eigenvalue weighted by molar-refractivity contribution is 5.89. The van der Waals surface area contributed by atoms with Crippen LogP contribution in [0.1, 0.15) is 78.6 Å². The van der Waals surface area contributed by atoms with Crippen molar-refractivity contribution in [1.82, 2.24) is 19.5 Å². The van der Waals surface area contributed by atoms with Gasteiger partial charge in [-0.1, -0.05) is 93.7 Å². The number of fused-ring (bicyclic) bond motifs is 1. The summed E-state index contributed by atoms with van der Waals surface area (Å²) in [4.78, 5) is 25.4. The van der Waals surface area contributed by atoms with E-state index in [-0.39, 0.29) is 5.91 Å². The summed E-state index contributed by atoms with van der Waals surface area (Å²) in [5, 5.41) is 2.81. The molecule has 0 saturated carbocycles. The highest BCUT2D eigenvalue weighted by Crippen LogP contribution is 2.14. The van der Waals surface area contributed by atoms with Crippen LogP contribution in [0, 0.1) is 5.92 Å². The maximum absolute atomic E-state index is 12.3. The molecule has 38 heavy (non-hydrogen) atoms. The summed E-state index contributed by atoms with van der Waals surface area (Å²) in [5.74, 6) is 0.844. The molecule has 1 amide bonds. The number of hydrogen-bond donors (Lipinski definition) is 1. The topological polar surface area (TPSA) is 72.7 Å². The van der Waals surface area contributed by atoms with Gasteiger partial charge in [0.05, 0.1) is 12.5 Å². The summed E-state index contributed by atoms with van der Waals surface area (Å²) >= 11 is 0. The van der Waals surface area contributed by atoms with Crippen molar-refractivity contribution in [2.24, 2.45) is 5.92 Å². The first-order valence-corrected chi connectivity index (χ1v) is 14.0. The highest BCUT2D eigenvalue weighted by Gasteiger charge is 2.09. The predicted octanol–water partition coefficient (Wildman–Crippen LogP) is 8.29. The zero-order chi connectivity index (χ0) is 27.3. The summed E-state index contributed by atoms with van der Waals surface area (Å²) in [6.45, 7) is 7.39. The van der Waals surface area contributed by atoms with Crippen LogP contribution in [0.4, 0.5) is 5.95 Å². The average Bonchev–Trinajstić information content (AvgIpc) is 3.31. The van der Waals surface area contributed by atoms with Crippen LogP contribution in [0.3, 0.4) is 0 Å². The quantitative estimate of drug-likeness (QED) is 0.203. The number of aromatic nitrogens is 4. The van der Waals surface area contributed by atoms with Gasteiger partial charge >= 0.3 is 0 Å². The van der Waals surface area contributed by atoms with Gasteiger partial charge in [0, 0.05) is 13.0 Å². The van der Waals surface area contributed by atoms with Crippen LogP contribution in [0.5, 0.6) is 0 Å². The molecule has 2 aromatic rings. The smallest absolute Gasteiger partial charge is 0.231 e. The zero-order valence-electron chi connectivity index (χ0n) is 23.4. The van der Waals surface area contributed by atoms with Gasteiger partial charge in [0.2, 0.25) is 11.9 Å². The van der Waals surface area contributed by atoms with E-state index >= 15 is 0 Å². The maximum atomic E-state index is 12.3. The fraction of sp³-hybridized carbons (Fsp3) is 0.438. The number of anilines is 1. The number of nitrogens with one attached hydrogen (secondary N) is 1. The van der Waals surface area contributed by atoms with Crippen LogP contribution in [0.15, 0.2) is 85.4 Å². The Hall–Kier alpha value is -3.54. The molecule has 0 aliphatic heterocycles. The van der Waals surface area contributed by atoms with E-state index < -0.39 is 0 Å². The fourth-order valence-electron chi connectivity index (χ4n) is 3.52. The fourth-order valence-corrected chi connectivity index (χ4v) is 3.52. The van der Waals surface area contributed by atoms with E-state index in [0.717, 1.165) is 62.7 Å². The van der Waals surface area contributed by atoms with Crippen LogP contribution < -0.4 is 5.32 Å². The van der Waals surface area contributed by atoms with Crippen molar-refractivity contribution in [3.63, 3.8) is 0 Å². The van der Waals surface area contributed by atoms with Crippen molar-refractivity contribution in [3.05, 3.63) is 85.4 Å². The Balaban J connectivity index is 1.56. The van der Waals surface area contributed by atoms with Gasteiger partial charge in [0.25, 0.3) is 0 Å². The molecule has 0 bridgehead atoms. The molecule has 0 spiro atoms. The zero-order valence-corrected chi connectivity index (χ0v) is 23.4. The van der Waals surface area contributed by atoms with Crippen molar-refractivity contribution in [2.45, 2.75) is 85.1 Å². The van der Waals surface area contributed by atoms with Gasteiger partial charge in [-0.2, -0.15) is 4.98 Å². The minimum atomic E-state index is -0.0860. The Morgan fingerprint density at radius 2 is 1.39 bits per heavy atom. The van der Waals surface area contributed by atoms with Gasteiger partial charge in [-0.15, -0.1) is 0 Å². The molecule has 0 fully saturated rings. The van der Waals surface area contributed by atoms with Crippen molar-refractivity contribution in [2.75, 3.05) is 5.32 Å². The molecule has 0 aliphatic carbocycles. The molecule has 2 aromatic heterocycles. The number of allylic oxidation sites excluding steroid dienone is 12. The molecule has 0 radical (unpaired) electrons. The molecule has 0 saturated heterocycles. The molecule has 2 heterocycles. The Kier molecular flexibility index (Phi) is 15.8. The lowest BCUT2D eigenvalue weighted by atomic mass is 10.1. The van der Waals surface area contributed by atoms with Crippen LogP contribution in [-0.2, 0) is 11.3 Å². The number of nitrogens with zero attached hydrogens (tertiary/aromatic N) is 4. The highest BCUT2D eigenvalue weighted by atomic mass is 16.1. The third kappa shape index (κ3) is 13.7. The van der Waals surface area contributed by atoms with Gasteiger partial charge in [0.1, 0.15) is 5.52 Å². The molecule has 0 atom stereocenters.